The molecule has 0 aromatic heterocycles. The summed E-state index contributed by atoms with van der Waals surface area (Å²) >= 11 is 5.45. The third-order valence-electron chi connectivity index (χ3n) is 1.17. The largest absolute Gasteiger partial charge is 0.316 e. The van der Waals surface area contributed by atoms with Crippen molar-refractivity contribution in [2.75, 3.05) is 19.0 Å². The number of halogens is 1. The van der Waals surface area contributed by atoms with Gasteiger partial charge in [-0.15, -0.1) is 11.6 Å². The molecule has 0 aromatic carbocycles. The van der Waals surface area contributed by atoms with Crippen LogP contribution >= 0.6 is 11.6 Å². The fraction of sp³-hybridized carbons (Fsp3) is 1.00. The van der Waals surface area contributed by atoms with Crippen LogP contribution in [0.2, 0.25) is 0 Å². The molecule has 0 bridgehead atoms. The minimum Gasteiger partial charge on any atom is -0.316 e. The predicted octanol–water partition coefficient (Wildman–Crippen LogP) is 1.86. The summed E-state index contributed by atoms with van der Waals surface area (Å²) in [4.78, 5) is 0. The first-order valence-electron chi connectivity index (χ1n) is 3.54. The molecule has 0 radical (unpaired) electrons. The maximum atomic E-state index is 5.45. The van der Waals surface area contributed by atoms with E-state index >= 15 is 0 Å². The molecule has 0 saturated heterocycles. The highest BCUT2D eigenvalue weighted by Gasteiger charge is 1.90. The summed E-state index contributed by atoms with van der Waals surface area (Å²) in [6.07, 6.45) is 1.25. The van der Waals surface area contributed by atoms with E-state index in [9.17, 15) is 0 Å². The van der Waals surface area contributed by atoms with Crippen molar-refractivity contribution in [3.05, 3.63) is 0 Å². The van der Waals surface area contributed by atoms with Crippen molar-refractivity contribution < 1.29 is 0 Å². The molecule has 0 spiro atoms. The first-order valence-corrected chi connectivity index (χ1v) is 4.07. The lowest BCUT2D eigenvalue weighted by Gasteiger charge is -2.03. The molecule has 0 saturated carbocycles. The van der Waals surface area contributed by atoms with E-state index in [0.29, 0.717) is 0 Å². The van der Waals surface area contributed by atoms with Crippen LogP contribution in [0.1, 0.15) is 20.3 Å². The lowest BCUT2D eigenvalue weighted by molar-refractivity contribution is 0.547. The molecule has 0 aromatic rings. The first kappa shape index (κ1) is 9.25. The average Bonchev–Trinajstić information content (AvgIpc) is 1.80. The van der Waals surface area contributed by atoms with Gasteiger partial charge in [0, 0.05) is 12.4 Å². The van der Waals surface area contributed by atoms with Crippen LogP contribution < -0.4 is 5.32 Å². The fourth-order valence-electron chi connectivity index (χ4n) is 0.583. The maximum Gasteiger partial charge on any atom is 0.0348 e. The number of alkyl halides is 1. The Kier molecular flexibility index (Phi) is 6.55. The molecule has 0 amide bonds. The van der Waals surface area contributed by atoms with E-state index in [-0.39, 0.29) is 0 Å². The Balaban J connectivity index is 2.75. The molecule has 0 unspecified atom stereocenters. The summed E-state index contributed by atoms with van der Waals surface area (Å²) in [6, 6.07) is 0. The molecule has 0 aliphatic rings. The zero-order valence-corrected chi connectivity index (χ0v) is 7.04. The van der Waals surface area contributed by atoms with Crippen molar-refractivity contribution in [2.24, 2.45) is 5.92 Å². The van der Waals surface area contributed by atoms with E-state index in [0.717, 1.165) is 24.9 Å². The Labute approximate surface area is 62.8 Å². The molecule has 56 valence electrons. The Morgan fingerprint density at radius 3 is 2.44 bits per heavy atom. The normalized spacial score (nSPS) is 10.7. The van der Waals surface area contributed by atoms with Crippen LogP contribution in [0.25, 0.3) is 0 Å². The van der Waals surface area contributed by atoms with Gasteiger partial charge in [-0.1, -0.05) is 13.8 Å². The maximum absolute atomic E-state index is 5.45. The van der Waals surface area contributed by atoms with Gasteiger partial charge in [0.2, 0.25) is 0 Å². The van der Waals surface area contributed by atoms with Gasteiger partial charge in [0.25, 0.3) is 0 Å². The van der Waals surface area contributed by atoms with Gasteiger partial charge >= 0.3 is 0 Å². The molecule has 0 rings (SSSR count). The first-order chi connectivity index (χ1) is 4.27. The number of hydrogen-bond acceptors (Lipinski definition) is 1. The van der Waals surface area contributed by atoms with Crippen molar-refractivity contribution in [3.8, 4) is 0 Å². The van der Waals surface area contributed by atoms with Crippen molar-refractivity contribution in [3.63, 3.8) is 0 Å². The second-order valence-corrected chi connectivity index (χ2v) is 3.00. The van der Waals surface area contributed by atoms with Gasteiger partial charge in [0.15, 0.2) is 0 Å². The van der Waals surface area contributed by atoms with Gasteiger partial charge in [-0.25, -0.2) is 0 Å². The monoisotopic (exact) mass is 149 g/mol. The van der Waals surface area contributed by atoms with Crippen molar-refractivity contribution in [1.82, 2.24) is 5.32 Å². The standard InChI is InChI=1S/C7H16ClN/c1-7(2)3-5-9-6-4-8/h7,9H,3-6H2,1-2H3. The van der Waals surface area contributed by atoms with Crippen molar-refractivity contribution >= 4 is 11.6 Å². The van der Waals surface area contributed by atoms with Crippen LogP contribution in [-0.4, -0.2) is 19.0 Å². The molecule has 0 heterocycles. The van der Waals surface area contributed by atoms with E-state index in [1.807, 2.05) is 0 Å². The third-order valence-corrected chi connectivity index (χ3v) is 1.36. The lowest BCUT2D eigenvalue weighted by Crippen LogP contribution is -2.18. The molecule has 0 fully saturated rings. The minimum absolute atomic E-state index is 0.720. The van der Waals surface area contributed by atoms with E-state index in [4.69, 9.17) is 11.6 Å². The Morgan fingerprint density at radius 2 is 2.00 bits per heavy atom. The molecular formula is C7H16ClN. The zero-order chi connectivity index (χ0) is 7.11. The topological polar surface area (TPSA) is 12.0 Å². The van der Waals surface area contributed by atoms with Crippen molar-refractivity contribution in [1.29, 1.82) is 0 Å². The molecule has 0 aliphatic carbocycles. The number of rotatable bonds is 5. The van der Waals surface area contributed by atoms with E-state index < -0.39 is 0 Å². The molecule has 0 atom stereocenters. The fourth-order valence-corrected chi connectivity index (χ4v) is 0.716. The van der Waals surface area contributed by atoms with Gasteiger partial charge in [-0.2, -0.15) is 0 Å². The van der Waals surface area contributed by atoms with Gasteiger partial charge < -0.3 is 5.32 Å². The van der Waals surface area contributed by atoms with Crippen LogP contribution in [0.5, 0.6) is 0 Å². The Morgan fingerprint density at radius 1 is 1.33 bits per heavy atom. The lowest BCUT2D eigenvalue weighted by atomic mass is 10.1. The van der Waals surface area contributed by atoms with E-state index in [2.05, 4.69) is 19.2 Å². The average molecular weight is 150 g/mol. The summed E-state index contributed by atoms with van der Waals surface area (Å²) in [5, 5.41) is 3.23. The van der Waals surface area contributed by atoms with Crippen LogP contribution in [0.3, 0.4) is 0 Å². The van der Waals surface area contributed by atoms with Crippen LogP contribution in [0.15, 0.2) is 0 Å². The smallest absolute Gasteiger partial charge is 0.0348 e. The predicted molar refractivity (Wildman–Crippen MR) is 43.0 cm³/mol. The highest BCUT2D eigenvalue weighted by molar-refractivity contribution is 6.18. The molecule has 1 N–H and O–H groups in total. The highest BCUT2D eigenvalue weighted by Crippen LogP contribution is 1.95. The van der Waals surface area contributed by atoms with Gasteiger partial charge in [-0.05, 0) is 18.9 Å². The molecule has 0 aliphatic heterocycles. The van der Waals surface area contributed by atoms with Crippen LogP contribution in [-0.2, 0) is 0 Å². The van der Waals surface area contributed by atoms with Crippen molar-refractivity contribution in [2.45, 2.75) is 20.3 Å². The SMILES string of the molecule is CC(C)CCNCCCl. The van der Waals surface area contributed by atoms with E-state index in [1.54, 1.807) is 0 Å². The number of hydrogen-bond donors (Lipinski definition) is 1. The molecule has 2 heteroatoms. The summed E-state index contributed by atoms with van der Waals surface area (Å²) < 4.78 is 0. The summed E-state index contributed by atoms with van der Waals surface area (Å²) in [5.41, 5.74) is 0. The van der Waals surface area contributed by atoms with Crippen LogP contribution in [0, 0.1) is 5.92 Å². The Bertz CT molecular complexity index is 54.9. The third kappa shape index (κ3) is 8.25. The second kappa shape index (κ2) is 6.37. The van der Waals surface area contributed by atoms with Crippen LogP contribution in [0.4, 0.5) is 0 Å². The highest BCUT2D eigenvalue weighted by atomic mass is 35.5. The molecular weight excluding hydrogens is 134 g/mol. The molecule has 1 nitrogen and oxygen atoms in total. The second-order valence-electron chi connectivity index (χ2n) is 2.62. The zero-order valence-electron chi connectivity index (χ0n) is 6.28. The number of nitrogens with one attached hydrogen (secondary N) is 1. The van der Waals surface area contributed by atoms with Gasteiger partial charge in [-0.3, -0.25) is 0 Å². The minimum atomic E-state index is 0.720. The molecule has 9 heavy (non-hydrogen) atoms. The summed E-state index contributed by atoms with van der Waals surface area (Å²) in [7, 11) is 0. The Hall–Kier alpha value is 0.250. The van der Waals surface area contributed by atoms with Gasteiger partial charge in [0.1, 0.15) is 0 Å². The summed E-state index contributed by atoms with van der Waals surface area (Å²) in [5.74, 6) is 1.52. The van der Waals surface area contributed by atoms with E-state index in [1.165, 1.54) is 6.42 Å². The van der Waals surface area contributed by atoms with Gasteiger partial charge in [0.05, 0.1) is 0 Å². The summed E-state index contributed by atoms with van der Waals surface area (Å²) in [6.45, 7) is 6.49. The quantitative estimate of drug-likeness (QED) is 0.465.